The molecule has 0 fully saturated rings. The van der Waals surface area contributed by atoms with Gasteiger partial charge in [0, 0.05) is 16.7 Å². The van der Waals surface area contributed by atoms with Crippen LogP contribution in [-0.2, 0) is 24.4 Å². The lowest BCUT2D eigenvalue weighted by Gasteiger charge is -2.12. The predicted molar refractivity (Wildman–Crippen MR) is 133 cm³/mol. The number of halogens is 1. The molecule has 1 heterocycles. The normalized spacial score (nSPS) is 10.8. The SMILES string of the molecule is C=CCn1c(COc2ccc(CC)cc2)nnc1SCC(=O)Nc1c(C)cc(Br)cc1C. The van der Waals surface area contributed by atoms with Crippen LogP contribution in [0.1, 0.15) is 29.4 Å². The molecule has 0 saturated carbocycles. The molecule has 0 radical (unpaired) electrons. The first kappa shape index (κ1) is 24.1. The first-order valence-corrected chi connectivity index (χ1v) is 12.1. The average molecular weight is 515 g/mol. The largest absolute Gasteiger partial charge is 0.486 e. The second-order valence-corrected chi connectivity index (χ2v) is 9.19. The predicted octanol–water partition coefficient (Wildman–Crippen LogP) is 5.72. The Hall–Kier alpha value is -2.58. The van der Waals surface area contributed by atoms with Crippen molar-refractivity contribution in [2.45, 2.75) is 45.5 Å². The molecule has 168 valence electrons. The van der Waals surface area contributed by atoms with Crippen molar-refractivity contribution >= 4 is 39.3 Å². The van der Waals surface area contributed by atoms with Crippen molar-refractivity contribution in [3.8, 4) is 5.75 Å². The van der Waals surface area contributed by atoms with Crippen LogP contribution in [0.4, 0.5) is 5.69 Å². The summed E-state index contributed by atoms with van der Waals surface area (Å²) < 4.78 is 8.79. The molecule has 0 aliphatic heterocycles. The van der Waals surface area contributed by atoms with E-state index < -0.39 is 0 Å². The number of benzene rings is 2. The summed E-state index contributed by atoms with van der Waals surface area (Å²) in [5, 5.41) is 12.2. The molecule has 32 heavy (non-hydrogen) atoms. The Morgan fingerprint density at radius 1 is 1.22 bits per heavy atom. The molecule has 2 aromatic carbocycles. The number of anilines is 1. The van der Waals surface area contributed by atoms with Crippen LogP contribution in [0.3, 0.4) is 0 Å². The number of carbonyl (C=O) groups is 1. The molecule has 0 unspecified atom stereocenters. The number of hydrogen-bond donors (Lipinski definition) is 1. The van der Waals surface area contributed by atoms with Crippen molar-refractivity contribution in [2.75, 3.05) is 11.1 Å². The van der Waals surface area contributed by atoms with Gasteiger partial charge in [0.25, 0.3) is 0 Å². The van der Waals surface area contributed by atoms with Gasteiger partial charge >= 0.3 is 0 Å². The van der Waals surface area contributed by atoms with Crippen LogP contribution in [0.2, 0.25) is 0 Å². The average Bonchev–Trinajstić information content (AvgIpc) is 3.15. The van der Waals surface area contributed by atoms with Crippen molar-refractivity contribution in [3.63, 3.8) is 0 Å². The van der Waals surface area contributed by atoms with E-state index >= 15 is 0 Å². The van der Waals surface area contributed by atoms with Crippen molar-refractivity contribution in [1.82, 2.24) is 14.8 Å². The van der Waals surface area contributed by atoms with Crippen LogP contribution in [0, 0.1) is 13.8 Å². The van der Waals surface area contributed by atoms with Gasteiger partial charge in [-0.05, 0) is 61.2 Å². The lowest BCUT2D eigenvalue weighted by molar-refractivity contribution is -0.113. The van der Waals surface area contributed by atoms with Gasteiger partial charge in [-0.15, -0.1) is 16.8 Å². The van der Waals surface area contributed by atoms with E-state index in [9.17, 15) is 4.79 Å². The minimum absolute atomic E-state index is 0.0921. The fourth-order valence-electron chi connectivity index (χ4n) is 3.23. The van der Waals surface area contributed by atoms with E-state index in [2.05, 4.69) is 57.1 Å². The zero-order valence-electron chi connectivity index (χ0n) is 18.5. The maximum absolute atomic E-state index is 12.6. The molecular formula is C24H27BrN4O2S. The Balaban J connectivity index is 1.63. The highest BCUT2D eigenvalue weighted by molar-refractivity contribution is 9.10. The highest BCUT2D eigenvalue weighted by Gasteiger charge is 2.15. The number of hydrogen-bond acceptors (Lipinski definition) is 5. The molecular weight excluding hydrogens is 488 g/mol. The Morgan fingerprint density at radius 3 is 2.53 bits per heavy atom. The summed E-state index contributed by atoms with van der Waals surface area (Å²) in [6, 6.07) is 12.0. The summed E-state index contributed by atoms with van der Waals surface area (Å²) >= 11 is 4.82. The number of aryl methyl sites for hydroxylation is 3. The second kappa shape index (κ2) is 11.3. The number of thioether (sulfide) groups is 1. The van der Waals surface area contributed by atoms with Crippen molar-refractivity contribution < 1.29 is 9.53 Å². The summed E-state index contributed by atoms with van der Waals surface area (Å²) in [4.78, 5) is 12.6. The third-order valence-electron chi connectivity index (χ3n) is 4.90. The number of nitrogens with one attached hydrogen (secondary N) is 1. The third kappa shape index (κ3) is 6.23. The molecule has 0 aliphatic carbocycles. The van der Waals surface area contributed by atoms with Gasteiger partial charge in [0.05, 0.1) is 5.75 Å². The van der Waals surface area contributed by atoms with E-state index in [1.807, 2.05) is 42.7 Å². The van der Waals surface area contributed by atoms with E-state index in [4.69, 9.17) is 4.74 Å². The first-order chi connectivity index (χ1) is 15.4. The number of amides is 1. The third-order valence-corrected chi connectivity index (χ3v) is 6.32. The number of carbonyl (C=O) groups excluding carboxylic acids is 1. The van der Waals surface area contributed by atoms with Gasteiger partial charge in [-0.3, -0.25) is 9.36 Å². The first-order valence-electron chi connectivity index (χ1n) is 10.3. The Morgan fingerprint density at radius 2 is 1.91 bits per heavy atom. The van der Waals surface area contributed by atoms with Crippen LogP contribution in [0.5, 0.6) is 5.75 Å². The number of allylic oxidation sites excluding steroid dienone is 1. The zero-order valence-corrected chi connectivity index (χ0v) is 20.9. The molecule has 0 bridgehead atoms. The summed E-state index contributed by atoms with van der Waals surface area (Å²) in [6.07, 6.45) is 2.77. The van der Waals surface area contributed by atoms with Crippen LogP contribution < -0.4 is 10.1 Å². The summed E-state index contributed by atoms with van der Waals surface area (Å²) in [7, 11) is 0. The van der Waals surface area contributed by atoms with E-state index in [1.54, 1.807) is 6.08 Å². The van der Waals surface area contributed by atoms with E-state index in [0.717, 1.165) is 33.5 Å². The van der Waals surface area contributed by atoms with Crippen LogP contribution in [-0.4, -0.2) is 26.4 Å². The summed E-state index contributed by atoms with van der Waals surface area (Å²) in [6.45, 7) is 10.7. The molecule has 0 spiro atoms. The van der Waals surface area contributed by atoms with Crippen LogP contribution >= 0.6 is 27.7 Å². The standard InChI is InChI=1S/C24H27BrN4O2S/c1-5-11-29-21(14-31-20-9-7-18(6-2)8-10-20)27-28-24(29)32-15-22(30)26-23-16(3)12-19(25)13-17(23)4/h5,7-10,12-13H,1,6,11,14-15H2,2-4H3,(H,26,30). The molecule has 1 aromatic heterocycles. The van der Waals surface area contributed by atoms with E-state index in [-0.39, 0.29) is 18.3 Å². The van der Waals surface area contributed by atoms with Gasteiger partial charge in [0.15, 0.2) is 11.0 Å². The highest BCUT2D eigenvalue weighted by atomic mass is 79.9. The fourth-order valence-corrected chi connectivity index (χ4v) is 4.68. The molecule has 0 atom stereocenters. The Bertz CT molecular complexity index is 1070. The minimum atomic E-state index is -0.0921. The van der Waals surface area contributed by atoms with Crippen molar-refractivity contribution in [1.29, 1.82) is 0 Å². The number of rotatable bonds is 10. The number of nitrogens with zero attached hydrogens (tertiary/aromatic N) is 3. The Labute approximate surface area is 201 Å². The molecule has 6 nitrogen and oxygen atoms in total. The lowest BCUT2D eigenvalue weighted by Crippen LogP contribution is -2.16. The summed E-state index contributed by atoms with van der Waals surface area (Å²) in [5.41, 5.74) is 4.13. The molecule has 0 saturated heterocycles. The van der Waals surface area contributed by atoms with E-state index in [1.165, 1.54) is 17.3 Å². The van der Waals surface area contributed by atoms with Gasteiger partial charge in [-0.2, -0.15) is 0 Å². The lowest BCUT2D eigenvalue weighted by atomic mass is 10.1. The van der Waals surface area contributed by atoms with Crippen LogP contribution in [0.15, 0.2) is 58.7 Å². The summed E-state index contributed by atoms with van der Waals surface area (Å²) in [5.74, 6) is 1.60. The topological polar surface area (TPSA) is 69.0 Å². The van der Waals surface area contributed by atoms with Crippen LogP contribution in [0.25, 0.3) is 0 Å². The number of aromatic nitrogens is 3. The second-order valence-electron chi connectivity index (χ2n) is 7.34. The molecule has 1 N–H and O–H groups in total. The van der Waals surface area contributed by atoms with Gasteiger partial charge in [-0.25, -0.2) is 0 Å². The van der Waals surface area contributed by atoms with Crippen molar-refractivity contribution in [3.05, 3.63) is 76.0 Å². The van der Waals surface area contributed by atoms with E-state index in [0.29, 0.717) is 17.5 Å². The molecule has 0 aliphatic rings. The molecule has 3 aromatic rings. The fraction of sp³-hybridized carbons (Fsp3) is 0.292. The van der Waals surface area contributed by atoms with Gasteiger partial charge in [-0.1, -0.05) is 52.8 Å². The monoisotopic (exact) mass is 514 g/mol. The van der Waals surface area contributed by atoms with Gasteiger partial charge < -0.3 is 10.1 Å². The Kier molecular flexibility index (Phi) is 8.53. The van der Waals surface area contributed by atoms with Crippen molar-refractivity contribution in [2.24, 2.45) is 0 Å². The maximum atomic E-state index is 12.6. The maximum Gasteiger partial charge on any atom is 0.234 e. The zero-order chi connectivity index (χ0) is 23.1. The number of ether oxygens (including phenoxy) is 1. The quantitative estimate of drug-likeness (QED) is 0.277. The van der Waals surface area contributed by atoms with Gasteiger partial charge in [0.2, 0.25) is 5.91 Å². The highest BCUT2D eigenvalue weighted by Crippen LogP contribution is 2.26. The smallest absolute Gasteiger partial charge is 0.234 e. The molecule has 8 heteroatoms. The molecule has 1 amide bonds. The van der Waals surface area contributed by atoms with Gasteiger partial charge in [0.1, 0.15) is 12.4 Å². The minimum Gasteiger partial charge on any atom is -0.486 e. The molecule has 3 rings (SSSR count).